The number of benzene rings is 2. The molecular formula is C21H25N3O3. The number of hydrogen-bond acceptors (Lipinski definition) is 4. The van der Waals surface area contributed by atoms with Crippen LogP contribution in [0.2, 0.25) is 0 Å². The molecular weight excluding hydrogens is 342 g/mol. The van der Waals surface area contributed by atoms with Crippen LogP contribution in [0.15, 0.2) is 42.5 Å². The van der Waals surface area contributed by atoms with Gasteiger partial charge in [-0.15, -0.1) is 0 Å². The molecule has 1 N–H and O–H groups in total. The van der Waals surface area contributed by atoms with E-state index in [0.29, 0.717) is 37.6 Å². The average molecular weight is 367 g/mol. The van der Waals surface area contributed by atoms with Gasteiger partial charge >= 0.3 is 11.8 Å². The zero-order chi connectivity index (χ0) is 19.4. The third-order valence-corrected chi connectivity index (χ3v) is 4.73. The molecule has 6 nitrogen and oxygen atoms in total. The number of nitrogens with one attached hydrogen (secondary N) is 1. The van der Waals surface area contributed by atoms with E-state index in [0.717, 1.165) is 11.3 Å². The minimum atomic E-state index is -0.636. The first-order valence-electron chi connectivity index (χ1n) is 9.04. The van der Waals surface area contributed by atoms with Crippen molar-refractivity contribution >= 4 is 23.2 Å². The van der Waals surface area contributed by atoms with Gasteiger partial charge in [0.2, 0.25) is 0 Å². The van der Waals surface area contributed by atoms with Crippen LogP contribution < -0.4 is 15.0 Å². The van der Waals surface area contributed by atoms with Crippen molar-refractivity contribution in [3.8, 4) is 5.75 Å². The minimum Gasteiger partial charge on any atom is -0.495 e. The van der Waals surface area contributed by atoms with E-state index in [1.165, 1.54) is 12.7 Å². The van der Waals surface area contributed by atoms with Gasteiger partial charge in [-0.2, -0.15) is 0 Å². The first kappa shape index (κ1) is 18.8. The fraction of sp³-hybridized carbons (Fsp3) is 0.333. The molecule has 2 aromatic carbocycles. The van der Waals surface area contributed by atoms with Gasteiger partial charge in [-0.05, 0) is 49.2 Å². The summed E-state index contributed by atoms with van der Waals surface area (Å²) in [5.41, 5.74) is 3.84. The highest BCUT2D eigenvalue weighted by molar-refractivity contribution is 6.39. The second-order valence-corrected chi connectivity index (χ2v) is 6.78. The van der Waals surface area contributed by atoms with Crippen molar-refractivity contribution in [3.63, 3.8) is 0 Å². The van der Waals surface area contributed by atoms with Gasteiger partial charge in [0.05, 0.1) is 12.8 Å². The standard InChI is InChI=1S/C21H25N3O3/c1-15-5-4-6-17(13-15)23-9-11-24(12-10-23)21(26)20(25)22-18-14-16(2)7-8-19(18)27-3/h4-8,13-14H,9-12H2,1-3H3,(H,22,25). The number of hydrogen-bond donors (Lipinski definition) is 1. The second kappa shape index (κ2) is 8.12. The minimum absolute atomic E-state index is 0.509. The summed E-state index contributed by atoms with van der Waals surface area (Å²) in [5.74, 6) is -0.614. The van der Waals surface area contributed by atoms with Crippen LogP contribution in [0.25, 0.3) is 0 Å². The predicted molar refractivity (Wildman–Crippen MR) is 106 cm³/mol. The fourth-order valence-electron chi connectivity index (χ4n) is 3.23. The molecule has 1 aliphatic heterocycles. The molecule has 27 heavy (non-hydrogen) atoms. The molecule has 0 bridgehead atoms. The fourth-order valence-corrected chi connectivity index (χ4v) is 3.23. The van der Waals surface area contributed by atoms with Gasteiger partial charge < -0.3 is 19.9 Å². The molecule has 0 aliphatic carbocycles. The van der Waals surface area contributed by atoms with Crippen molar-refractivity contribution in [1.82, 2.24) is 4.90 Å². The predicted octanol–water partition coefficient (Wildman–Crippen LogP) is 2.60. The number of ether oxygens (including phenoxy) is 1. The summed E-state index contributed by atoms with van der Waals surface area (Å²) in [6.45, 7) is 6.43. The van der Waals surface area contributed by atoms with E-state index in [-0.39, 0.29) is 0 Å². The molecule has 0 spiro atoms. The number of amides is 2. The molecule has 0 saturated carbocycles. The number of anilines is 2. The van der Waals surface area contributed by atoms with Gasteiger partial charge in [0, 0.05) is 31.9 Å². The zero-order valence-electron chi connectivity index (χ0n) is 16.0. The van der Waals surface area contributed by atoms with E-state index >= 15 is 0 Å². The highest BCUT2D eigenvalue weighted by Gasteiger charge is 2.26. The Labute approximate surface area is 159 Å². The SMILES string of the molecule is COc1ccc(C)cc1NC(=O)C(=O)N1CCN(c2cccc(C)c2)CC1. The maximum Gasteiger partial charge on any atom is 0.314 e. The Bertz CT molecular complexity index is 842. The maximum atomic E-state index is 12.5. The van der Waals surface area contributed by atoms with Crippen LogP contribution in [-0.2, 0) is 9.59 Å². The molecule has 142 valence electrons. The van der Waals surface area contributed by atoms with Gasteiger partial charge in [0.25, 0.3) is 0 Å². The van der Waals surface area contributed by atoms with Gasteiger partial charge in [-0.3, -0.25) is 9.59 Å². The number of carbonyl (C=O) groups is 2. The van der Waals surface area contributed by atoms with E-state index in [1.807, 2.05) is 19.1 Å². The van der Waals surface area contributed by atoms with E-state index in [1.54, 1.807) is 17.0 Å². The number of methoxy groups -OCH3 is 1. The lowest BCUT2D eigenvalue weighted by atomic mass is 10.2. The van der Waals surface area contributed by atoms with Crippen molar-refractivity contribution < 1.29 is 14.3 Å². The summed E-state index contributed by atoms with van der Waals surface area (Å²) >= 11 is 0. The van der Waals surface area contributed by atoms with Crippen molar-refractivity contribution in [2.45, 2.75) is 13.8 Å². The van der Waals surface area contributed by atoms with Crippen molar-refractivity contribution in [1.29, 1.82) is 0 Å². The largest absolute Gasteiger partial charge is 0.495 e. The third kappa shape index (κ3) is 4.39. The van der Waals surface area contributed by atoms with Crippen LogP contribution in [0.5, 0.6) is 5.75 Å². The molecule has 0 aromatic heterocycles. The summed E-state index contributed by atoms with van der Waals surface area (Å²) in [6, 6.07) is 13.8. The highest BCUT2D eigenvalue weighted by atomic mass is 16.5. The van der Waals surface area contributed by atoms with Gasteiger partial charge in [-0.25, -0.2) is 0 Å². The van der Waals surface area contributed by atoms with Gasteiger partial charge in [-0.1, -0.05) is 18.2 Å². The smallest absolute Gasteiger partial charge is 0.314 e. The number of piperazine rings is 1. The molecule has 0 radical (unpaired) electrons. The molecule has 1 heterocycles. The van der Waals surface area contributed by atoms with Crippen LogP contribution in [0.3, 0.4) is 0 Å². The highest BCUT2D eigenvalue weighted by Crippen LogP contribution is 2.25. The topological polar surface area (TPSA) is 61.9 Å². The first-order chi connectivity index (χ1) is 13.0. The van der Waals surface area contributed by atoms with E-state index < -0.39 is 11.8 Å². The maximum absolute atomic E-state index is 12.5. The Hall–Kier alpha value is -3.02. The second-order valence-electron chi connectivity index (χ2n) is 6.78. The summed E-state index contributed by atoms with van der Waals surface area (Å²) in [5, 5.41) is 2.68. The van der Waals surface area contributed by atoms with Crippen molar-refractivity contribution in [2.75, 3.05) is 43.5 Å². The molecule has 1 fully saturated rings. The molecule has 6 heteroatoms. The number of aryl methyl sites for hydroxylation is 2. The van der Waals surface area contributed by atoms with Crippen molar-refractivity contribution in [3.05, 3.63) is 53.6 Å². The Morgan fingerprint density at radius 3 is 2.33 bits per heavy atom. The van der Waals surface area contributed by atoms with Crippen LogP contribution >= 0.6 is 0 Å². The summed E-state index contributed by atoms with van der Waals surface area (Å²) in [7, 11) is 1.53. The Kier molecular flexibility index (Phi) is 5.64. The van der Waals surface area contributed by atoms with Crippen LogP contribution in [0, 0.1) is 13.8 Å². The number of rotatable bonds is 3. The number of carbonyl (C=O) groups excluding carboxylic acids is 2. The lowest BCUT2D eigenvalue weighted by Crippen LogP contribution is -2.51. The Morgan fingerprint density at radius 1 is 0.963 bits per heavy atom. The van der Waals surface area contributed by atoms with Crippen LogP contribution in [0.4, 0.5) is 11.4 Å². The first-order valence-corrected chi connectivity index (χ1v) is 9.04. The Balaban J connectivity index is 1.60. The lowest BCUT2D eigenvalue weighted by Gasteiger charge is -2.35. The quantitative estimate of drug-likeness (QED) is 0.847. The van der Waals surface area contributed by atoms with Crippen LogP contribution in [-0.4, -0.2) is 50.0 Å². The normalized spacial score (nSPS) is 14.0. The zero-order valence-corrected chi connectivity index (χ0v) is 16.0. The lowest BCUT2D eigenvalue weighted by molar-refractivity contribution is -0.143. The monoisotopic (exact) mass is 367 g/mol. The Morgan fingerprint density at radius 2 is 1.67 bits per heavy atom. The molecule has 0 unspecified atom stereocenters. The molecule has 0 atom stereocenters. The molecule has 1 aliphatic rings. The number of nitrogens with zero attached hydrogens (tertiary/aromatic N) is 2. The van der Waals surface area contributed by atoms with Crippen molar-refractivity contribution in [2.24, 2.45) is 0 Å². The summed E-state index contributed by atoms with van der Waals surface area (Å²) < 4.78 is 5.25. The molecule has 2 aromatic rings. The third-order valence-electron chi connectivity index (χ3n) is 4.73. The van der Waals surface area contributed by atoms with Crippen LogP contribution in [0.1, 0.15) is 11.1 Å². The molecule has 3 rings (SSSR count). The van der Waals surface area contributed by atoms with E-state index in [4.69, 9.17) is 4.74 Å². The van der Waals surface area contributed by atoms with Gasteiger partial charge in [0.15, 0.2) is 0 Å². The van der Waals surface area contributed by atoms with E-state index in [2.05, 4.69) is 35.3 Å². The summed E-state index contributed by atoms with van der Waals surface area (Å²) in [4.78, 5) is 28.8. The van der Waals surface area contributed by atoms with E-state index in [9.17, 15) is 9.59 Å². The van der Waals surface area contributed by atoms with Gasteiger partial charge in [0.1, 0.15) is 5.75 Å². The average Bonchev–Trinajstić information content (AvgIpc) is 2.67. The summed E-state index contributed by atoms with van der Waals surface area (Å²) in [6.07, 6.45) is 0. The molecule has 2 amide bonds. The molecule has 1 saturated heterocycles.